The molecule has 0 saturated carbocycles. The predicted octanol–water partition coefficient (Wildman–Crippen LogP) is 4.93. The predicted molar refractivity (Wildman–Crippen MR) is 105 cm³/mol. The van der Waals surface area contributed by atoms with Crippen molar-refractivity contribution in [2.75, 3.05) is 17.7 Å². The molecule has 0 fully saturated rings. The number of hydrogen-bond acceptors (Lipinski definition) is 4. The fraction of sp³-hybridized carbons (Fsp3) is 0.111. The van der Waals surface area contributed by atoms with E-state index in [-0.39, 0.29) is 6.03 Å². The van der Waals surface area contributed by atoms with Crippen LogP contribution >= 0.6 is 22.6 Å². The number of benzene rings is 2. The summed E-state index contributed by atoms with van der Waals surface area (Å²) in [6.07, 6.45) is 2.97. The summed E-state index contributed by atoms with van der Waals surface area (Å²) in [6, 6.07) is 12.7. The molecule has 1 aromatic heterocycles. The van der Waals surface area contributed by atoms with E-state index in [0.717, 1.165) is 21.2 Å². The summed E-state index contributed by atoms with van der Waals surface area (Å²) in [7, 11) is 1.56. The van der Waals surface area contributed by atoms with Gasteiger partial charge in [-0.15, -0.1) is 0 Å². The van der Waals surface area contributed by atoms with Crippen LogP contribution < -0.4 is 15.4 Å². The monoisotopic (exact) mass is 449 g/mol. The first kappa shape index (κ1) is 17.3. The van der Waals surface area contributed by atoms with E-state index in [0.29, 0.717) is 17.2 Å². The number of ether oxygens (including phenoxy) is 1. The molecule has 128 valence electrons. The molecule has 6 nitrogen and oxygen atoms in total. The number of carbonyl (C=O) groups is 1. The Bertz CT molecular complexity index is 866. The molecule has 1 heterocycles. The highest BCUT2D eigenvalue weighted by atomic mass is 127. The second-order valence-electron chi connectivity index (χ2n) is 5.19. The Morgan fingerprint density at radius 1 is 1.20 bits per heavy atom. The van der Waals surface area contributed by atoms with Gasteiger partial charge in [0.25, 0.3) is 0 Å². The molecule has 2 N–H and O–H groups in total. The molecule has 3 rings (SSSR count). The summed E-state index contributed by atoms with van der Waals surface area (Å²) >= 11 is 2.28. The highest BCUT2D eigenvalue weighted by Gasteiger charge is 2.11. The number of aromatic nitrogens is 1. The Morgan fingerprint density at radius 3 is 2.68 bits per heavy atom. The van der Waals surface area contributed by atoms with Gasteiger partial charge in [-0.05, 0) is 29.8 Å². The molecule has 25 heavy (non-hydrogen) atoms. The number of halogens is 1. The second-order valence-corrected chi connectivity index (χ2v) is 5.96. The standard InChI is InChI=1S/C18H16IN3O3/c1-24-16-8-14(5-6-15(16)17-10-20-11-25-17)22-18(23)21-13-4-2-3-12(7-13)9-19/h2-8,10-11H,9H2,1H3,(H2,21,22,23). The van der Waals surface area contributed by atoms with Crippen LogP contribution in [0, 0.1) is 0 Å². The number of oxazole rings is 1. The van der Waals surface area contributed by atoms with E-state index in [1.807, 2.05) is 30.3 Å². The fourth-order valence-corrected chi connectivity index (χ4v) is 2.82. The minimum absolute atomic E-state index is 0.319. The lowest BCUT2D eigenvalue weighted by molar-refractivity contribution is 0.262. The Balaban J connectivity index is 1.73. The van der Waals surface area contributed by atoms with Crippen LogP contribution in [0.2, 0.25) is 0 Å². The number of amides is 2. The number of nitrogens with zero attached hydrogens (tertiary/aromatic N) is 1. The summed E-state index contributed by atoms with van der Waals surface area (Å²) in [5.74, 6) is 1.19. The van der Waals surface area contributed by atoms with E-state index < -0.39 is 0 Å². The lowest BCUT2D eigenvalue weighted by Crippen LogP contribution is -2.19. The maximum absolute atomic E-state index is 12.2. The summed E-state index contributed by atoms with van der Waals surface area (Å²) < 4.78 is 11.6. The smallest absolute Gasteiger partial charge is 0.323 e. The van der Waals surface area contributed by atoms with Crippen LogP contribution in [0.5, 0.6) is 5.75 Å². The van der Waals surface area contributed by atoms with Crippen LogP contribution in [0.4, 0.5) is 16.2 Å². The molecular weight excluding hydrogens is 433 g/mol. The fourth-order valence-electron chi connectivity index (χ4n) is 2.35. The van der Waals surface area contributed by atoms with Crippen molar-refractivity contribution in [3.05, 3.63) is 60.6 Å². The maximum atomic E-state index is 12.2. The number of urea groups is 1. The average Bonchev–Trinajstić information content (AvgIpc) is 3.16. The van der Waals surface area contributed by atoms with Crippen molar-refractivity contribution >= 4 is 40.0 Å². The quantitative estimate of drug-likeness (QED) is 0.428. The van der Waals surface area contributed by atoms with Gasteiger partial charge in [0.15, 0.2) is 12.2 Å². The van der Waals surface area contributed by atoms with Gasteiger partial charge in [0.05, 0.1) is 18.9 Å². The number of carbonyl (C=O) groups excluding carboxylic acids is 1. The van der Waals surface area contributed by atoms with Crippen LogP contribution in [0.25, 0.3) is 11.3 Å². The summed E-state index contributed by atoms with van der Waals surface area (Å²) in [5.41, 5.74) is 3.27. The molecule has 2 aromatic carbocycles. The van der Waals surface area contributed by atoms with Gasteiger partial charge in [-0.3, -0.25) is 0 Å². The Morgan fingerprint density at radius 2 is 2.00 bits per heavy atom. The zero-order valence-corrected chi connectivity index (χ0v) is 15.6. The van der Waals surface area contributed by atoms with Crippen molar-refractivity contribution in [3.8, 4) is 17.1 Å². The van der Waals surface area contributed by atoms with Crippen molar-refractivity contribution in [2.24, 2.45) is 0 Å². The topological polar surface area (TPSA) is 76.4 Å². The van der Waals surface area contributed by atoms with Crippen molar-refractivity contribution in [1.82, 2.24) is 4.98 Å². The maximum Gasteiger partial charge on any atom is 0.323 e. The van der Waals surface area contributed by atoms with Gasteiger partial charge in [-0.25, -0.2) is 9.78 Å². The van der Waals surface area contributed by atoms with Crippen LogP contribution in [0.15, 0.2) is 59.5 Å². The number of nitrogens with one attached hydrogen (secondary N) is 2. The normalized spacial score (nSPS) is 10.3. The van der Waals surface area contributed by atoms with Crippen LogP contribution in [-0.4, -0.2) is 18.1 Å². The molecule has 3 aromatic rings. The number of anilines is 2. The van der Waals surface area contributed by atoms with E-state index in [1.54, 1.807) is 25.4 Å². The van der Waals surface area contributed by atoms with Crippen molar-refractivity contribution in [2.45, 2.75) is 4.43 Å². The second kappa shape index (κ2) is 8.02. The van der Waals surface area contributed by atoms with Gasteiger partial charge in [0.1, 0.15) is 5.75 Å². The molecule has 0 saturated heterocycles. The molecular formula is C18H16IN3O3. The highest BCUT2D eigenvalue weighted by molar-refractivity contribution is 14.1. The summed E-state index contributed by atoms with van der Waals surface area (Å²) in [4.78, 5) is 16.1. The van der Waals surface area contributed by atoms with Crippen LogP contribution in [0.3, 0.4) is 0 Å². The molecule has 0 bridgehead atoms. The molecule has 0 aliphatic carbocycles. The van der Waals surface area contributed by atoms with Gasteiger partial charge < -0.3 is 19.8 Å². The van der Waals surface area contributed by atoms with Crippen molar-refractivity contribution < 1.29 is 13.9 Å². The van der Waals surface area contributed by atoms with E-state index in [4.69, 9.17) is 9.15 Å². The SMILES string of the molecule is COc1cc(NC(=O)Nc2cccc(CI)c2)ccc1-c1cnco1. The van der Waals surface area contributed by atoms with Gasteiger partial charge in [0, 0.05) is 21.9 Å². The summed E-state index contributed by atoms with van der Waals surface area (Å²) in [5, 5.41) is 5.62. The molecule has 2 amide bonds. The lowest BCUT2D eigenvalue weighted by Gasteiger charge is -2.11. The number of rotatable bonds is 5. The third-order valence-electron chi connectivity index (χ3n) is 3.50. The van der Waals surface area contributed by atoms with Crippen molar-refractivity contribution in [3.63, 3.8) is 0 Å². The first-order valence-electron chi connectivity index (χ1n) is 7.49. The Labute approximate surface area is 158 Å². The van der Waals surface area contributed by atoms with E-state index >= 15 is 0 Å². The molecule has 0 radical (unpaired) electrons. The Hall–Kier alpha value is -2.55. The van der Waals surface area contributed by atoms with E-state index in [2.05, 4.69) is 38.2 Å². The van der Waals surface area contributed by atoms with Gasteiger partial charge >= 0.3 is 6.03 Å². The highest BCUT2D eigenvalue weighted by Crippen LogP contribution is 2.32. The minimum Gasteiger partial charge on any atom is -0.496 e. The van der Waals surface area contributed by atoms with E-state index in [1.165, 1.54) is 6.39 Å². The van der Waals surface area contributed by atoms with Gasteiger partial charge in [-0.1, -0.05) is 34.7 Å². The van der Waals surface area contributed by atoms with Gasteiger partial charge in [-0.2, -0.15) is 0 Å². The van der Waals surface area contributed by atoms with Crippen molar-refractivity contribution in [1.29, 1.82) is 0 Å². The molecule has 0 aliphatic heterocycles. The lowest BCUT2D eigenvalue weighted by atomic mass is 10.1. The molecule has 0 aliphatic rings. The first-order valence-corrected chi connectivity index (χ1v) is 9.02. The van der Waals surface area contributed by atoms with Gasteiger partial charge in [0.2, 0.25) is 0 Å². The molecule has 0 spiro atoms. The number of methoxy groups -OCH3 is 1. The summed E-state index contributed by atoms with van der Waals surface area (Å²) in [6.45, 7) is 0. The minimum atomic E-state index is -0.319. The van der Waals surface area contributed by atoms with Crippen LogP contribution in [0.1, 0.15) is 5.56 Å². The molecule has 7 heteroatoms. The Kier molecular flexibility index (Phi) is 5.54. The number of hydrogen-bond donors (Lipinski definition) is 2. The largest absolute Gasteiger partial charge is 0.496 e. The molecule has 0 unspecified atom stereocenters. The zero-order valence-electron chi connectivity index (χ0n) is 13.5. The van der Waals surface area contributed by atoms with Crippen LogP contribution in [-0.2, 0) is 4.43 Å². The third-order valence-corrected chi connectivity index (χ3v) is 4.38. The average molecular weight is 449 g/mol. The zero-order chi connectivity index (χ0) is 17.6. The third kappa shape index (κ3) is 4.30. The first-order chi connectivity index (χ1) is 12.2. The number of alkyl halides is 1. The van der Waals surface area contributed by atoms with E-state index in [9.17, 15) is 4.79 Å². The molecule has 0 atom stereocenters.